The Morgan fingerprint density at radius 3 is 2.32 bits per heavy atom. The molecule has 1 heterocycles. The van der Waals surface area contributed by atoms with Gasteiger partial charge in [-0.05, 0) is 31.4 Å². The maximum atomic E-state index is 11.6. The first-order valence-corrected chi connectivity index (χ1v) is 7.39. The number of allylic oxidation sites excluding steroid dienone is 1. The van der Waals surface area contributed by atoms with Crippen molar-refractivity contribution in [2.24, 2.45) is 0 Å². The fourth-order valence-corrected chi connectivity index (χ4v) is 2.63. The summed E-state index contributed by atoms with van der Waals surface area (Å²) in [6.07, 6.45) is 2.99. The summed E-state index contributed by atoms with van der Waals surface area (Å²) in [5.41, 5.74) is 1.33. The van der Waals surface area contributed by atoms with Gasteiger partial charge in [-0.25, -0.2) is 4.79 Å². The number of ether oxygens (including phenoxy) is 2. The molecular formula is C19H18O3. The molecule has 1 aliphatic rings. The number of carbonyl (C=O) groups is 1. The van der Waals surface area contributed by atoms with Crippen LogP contribution in [-0.4, -0.2) is 6.16 Å². The highest BCUT2D eigenvalue weighted by Gasteiger charge is 2.44. The Morgan fingerprint density at radius 1 is 1.00 bits per heavy atom. The molecule has 22 heavy (non-hydrogen) atoms. The molecule has 2 aromatic rings. The highest BCUT2D eigenvalue weighted by molar-refractivity contribution is 5.67. The molecule has 1 aliphatic heterocycles. The minimum atomic E-state index is -0.838. The van der Waals surface area contributed by atoms with Crippen LogP contribution in [0.25, 0.3) is 0 Å². The third-order valence-electron chi connectivity index (χ3n) is 3.88. The molecule has 1 atom stereocenters. The predicted molar refractivity (Wildman–Crippen MR) is 84.2 cm³/mol. The van der Waals surface area contributed by atoms with Gasteiger partial charge < -0.3 is 9.47 Å². The van der Waals surface area contributed by atoms with E-state index in [4.69, 9.17) is 9.47 Å². The van der Waals surface area contributed by atoms with Crippen LogP contribution in [0.3, 0.4) is 0 Å². The molecule has 0 spiro atoms. The molecule has 0 aliphatic carbocycles. The van der Waals surface area contributed by atoms with Crippen LogP contribution in [0, 0.1) is 0 Å². The number of cyclic esters (lactones) is 2. The Morgan fingerprint density at radius 2 is 1.64 bits per heavy atom. The molecule has 1 unspecified atom stereocenters. The van der Waals surface area contributed by atoms with E-state index in [1.807, 2.05) is 61.5 Å². The molecule has 0 aromatic heterocycles. The molecule has 1 fully saturated rings. The zero-order valence-electron chi connectivity index (χ0n) is 12.5. The number of aryl methyl sites for hydroxylation is 1. The van der Waals surface area contributed by atoms with Crippen LogP contribution >= 0.6 is 0 Å². The minimum absolute atomic E-state index is 0.569. The maximum absolute atomic E-state index is 11.6. The highest BCUT2D eigenvalue weighted by atomic mass is 16.8. The summed E-state index contributed by atoms with van der Waals surface area (Å²) in [6, 6.07) is 19.9. The molecule has 1 saturated heterocycles. The minimum Gasteiger partial charge on any atom is -0.414 e. The van der Waals surface area contributed by atoms with Gasteiger partial charge in [0.2, 0.25) is 0 Å². The van der Waals surface area contributed by atoms with Crippen molar-refractivity contribution in [1.82, 2.24) is 0 Å². The van der Waals surface area contributed by atoms with Crippen molar-refractivity contribution < 1.29 is 14.3 Å². The van der Waals surface area contributed by atoms with Crippen molar-refractivity contribution in [3.8, 4) is 0 Å². The number of hydrogen-bond donors (Lipinski definition) is 0. The van der Waals surface area contributed by atoms with E-state index in [0.717, 1.165) is 18.4 Å². The van der Waals surface area contributed by atoms with Gasteiger partial charge in [-0.2, -0.15) is 0 Å². The van der Waals surface area contributed by atoms with Crippen molar-refractivity contribution in [3.63, 3.8) is 0 Å². The fourth-order valence-electron chi connectivity index (χ4n) is 2.63. The number of hydrogen-bond acceptors (Lipinski definition) is 3. The van der Waals surface area contributed by atoms with Gasteiger partial charge >= 0.3 is 6.16 Å². The summed E-state index contributed by atoms with van der Waals surface area (Å²) in [5.74, 6) is 0.569. The third kappa shape index (κ3) is 2.89. The molecule has 3 rings (SSSR count). The van der Waals surface area contributed by atoms with Crippen molar-refractivity contribution in [2.45, 2.75) is 25.4 Å². The van der Waals surface area contributed by atoms with E-state index in [0.29, 0.717) is 5.76 Å². The second-order valence-electron chi connectivity index (χ2n) is 5.45. The Balaban J connectivity index is 1.79. The maximum Gasteiger partial charge on any atom is 0.515 e. The monoisotopic (exact) mass is 294 g/mol. The smallest absolute Gasteiger partial charge is 0.414 e. The standard InChI is InChI=1S/C19H18O3/c1-19(16-12-6-3-7-13-16)17(21-18(20)22-19)14-8-11-15-9-4-2-5-10-15/h2-7,9-10,12-14H,8,11H2,1H3/b17-14-. The van der Waals surface area contributed by atoms with E-state index in [1.54, 1.807) is 0 Å². The summed E-state index contributed by atoms with van der Waals surface area (Å²) in [6.45, 7) is 1.86. The highest BCUT2D eigenvalue weighted by Crippen LogP contribution is 2.39. The molecule has 0 saturated carbocycles. The van der Waals surface area contributed by atoms with Crippen LogP contribution in [0.5, 0.6) is 0 Å². The Hall–Kier alpha value is -2.55. The lowest BCUT2D eigenvalue weighted by Crippen LogP contribution is -2.22. The first-order valence-electron chi connectivity index (χ1n) is 7.39. The average molecular weight is 294 g/mol. The van der Waals surface area contributed by atoms with Gasteiger partial charge in [-0.3, -0.25) is 0 Å². The zero-order chi connectivity index (χ0) is 15.4. The van der Waals surface area contributed by atoms with Gasteiger partial charge in [-0.15, -0.1) is 0 Å². The van der Waals surface area contributed by atoms with Crippen molar-refractivity contribution in [1.29, 1.82) is 0 Å². The van der Waals surface area contributed by atoms with Crippen LogP contribution in [0.1, 0.15) is 24.5 Å². The molecule has 0 radical (unpaired) electrons. The second-order valence-corrected chi connectivity index (χ2v) is 5.45. The largest absolute Gasteiger partial charge is 0.515 e. The lowest BCUT2D eigenvalue weighted by molar-refractivity contribution is 0.0755. The van der Waals surface area contributed by atoms with Crippen LogP contribution in [-0.2, 0) is 21.5 Å². The molecule has 0 N–H and O–H groups in total. The Kier molecular flexibility index (Phi) is 3.96. The first-order chi connectivity index (χ1) is 10.7. The average Bonchev–Trinajstić information content (AvgIpc) is 2.85. The first kappa shape index (κ1) is 14.4. The van der Waals surface area contributed by atoms with Crippen LogP contribution < -0.4 is 0 Å². The number of rotatable bonds is 4. The normalized spacial score (nSPS) is 22.4. The lowest BCUT2D eigenvalue weighted by atomic mass is 9.93. The quantitative estimate of drug-likeness (QED) is 0.774. The lowest BCUT2D eigenvalue weighted by Gasteiger charge is -2.21. The summed E-state index contributed by atoms with van der Waals surface area (Å²) >= 11 is 0. The fraction of sp³-hybridized carbons (Fsp3) is 0.211. The Bertz CT molecular complexity index is 676. The SMILES string of the molecule is CC1(c2ccccc2)OC(=O)O/C1=C\CCc1ccccc1. The van der Waals surface area contributed by atoms with E-state index in [1.165, 1.54) is 5.56 Å². The number of carbonyl (C=O) groups excluding carboxylic acids is 1. The van der Waals surface area contributed by atoms with Crippen molar-refractivity contribution in [3.05, 3.63) is 83.6 Å². The third-order valence-corrected chi connectivity index (χ3v) is 3.88. The molecule has 3 nitrogen and oxygen atoms in total. The van der Waals surface area contributed by atoms with E-state index >= 15 is 0 Å². The van der Waals surface area contributed by atoms with E-state index in [2.05, 4.69) is 12.1 Å². The molecular weight excluding hydrogens is 276 g/mol. The van der Waals surface area contributed by atoms with Crippen LogP contribution in [0.15, 0.2) is 72.5 Å². The van der Waals surface area contributed by atoms with Gasteiger partial charge in [-0.1, -0.05) is 60.7 Å². The summed E-state index contributed by atoms with van der Waals surface area (Å²) in [7, 11) is 0. The van der Waals surface area contributed by atoms with Gasteiger partial charge in [0.05, 0.1) is 0 Å². The summed E-state index contributed by atoms with van der Waals surface area (Å²) in [5, 5.41) is 0. The molecule has 0 bridgehead atoms. The van der Waals surface area contributed by atoms with Gasteiger partial charge in [0.25, 0.3) is 0 Å². The van der Waals surface area contributed by atoms with Crippen LogP contribution in [0.4, 0.5) is 4.79 Å². The van der Waals surface area contributed by atoms with Crippen LogP contribution in [0.2, 0.25) is 0 Å². The van der Waals surface area contributed by atoms with E-state index < -0.39 is 11.8 Å². The second kappa shape index (κ2) is 6.06. The van der Waals surface area contributed by atoms with Crippen molar-refractivity contribution >= 4 is 6.16 Å². The molecule has 112 valence electrons. The number of benzene rings is 2. The zero-order valence-corrected chi connectivity index (χ0v) is 12.5. The van der Waals surface area contributed by atoms with Gasteiger partial charge in [0.1, 0.15) is 0 Å². The van der Waals surface area contributed by atoms with Crippen molar-refractivity contribution in [2.75, 3.05) is 0 Å². The van der Waals surface area contributed by atoms with Gasteiger partial charge in [0.15, 0.2) is 11.4 Å². The molecule has 0 amide bonds. The van der Waals surface area contributed by atoms with E-state index in [9.17, 15) is 4.79 Å². The molecule has 2 aromatic carbocycles. The van der Waals surface area contributed by atoms with E-state index in [-0.39, 0.29) is 0 Å². The van der Waals surface area contributed by atoms with Gasteiger partial charge in [0, 0.05) is 5.56 Å². The topological polar surface area (TPSA) is 35.5 Å². The predicted octanol–water partition coefficient (Wildman–Crippen LogP) is 4.59. The summed E-state index contributed by atoms with van der Waals surface area (Å²) < 4.78 is 10.7. The molecule has 3 heteroatoms. The summed E-state index contributed by atoms with van der Waals surface area (Å²) in [4.78, 5) is 11.6. The Labute approximate surface area is 130 Å².